The molecule has 2 aromatic carbocycles. The summed E-state index contributed by atoms with van der Waals surface area (Å²) in [5.74, 6) is 1.37. The SMILES string of the molecule is NC(=O)N(O)CC1CC1c1cccc(Oc2ccc(F)cc2)c1. The molecular weight excluding hydrogens is 299 g/mol. The van der Waals surface area contributed by atoms with Gasteiger partial charge in [0, 0.05) is 0 Å². The maximum atomic E-state index is 12.9. The van der Waals surface area contributed by atoms with Crippen molar-refractivity contribution in [1.29, 1.82) is 0 Å². The molecule has 1 aliphatic carbocycles. The van der Waals surface area contributed by atoms with Crippen molar-refractivity contribution < 1.29 is 19.1 Å². The zero-order valence-corrected chi connectivity index (χ0v) is 12.4. The lowest BCUT2D eigenvalue weighted by atomic mass is 10.1. The monoisotopic (exact) mass is 316 g/mol. The van der Waals surface area contributed by atoms with Crippen LogP contribution in [0.3, 0.4) is 0 Å². The highest BCUT2D eigenvalue weighted by Gasteiger charge is 2.40. The molecule has 5 nitrogen and oxygen atoms in total. The molecule has 0 bridgehead atoms. The van der Waals surface area contributed by atoms with Crippen molar-refractivity contribution in [1.82, 2.24) is 5.06 Å². The number of primary amides is 1. The molecule has 1 aliphatic rings. The smallest absolute Gasteiger partial charge is 0.338 e. The molecule has 0 heterocycles. The molecule has 2 atom stereocenters. The summed E-state index contributed by atoms with van der Waals surface area (Å²) in [5.41, 5.74) is 6.08. The predicted octanol–water partition coefficient (Wildman–Crippen LogP) is 3.49. The van der Waals surface area contributed by atoms with Gasteiger partial charge in [-0.05, 0) is 60.2 Å². The minimum Gasteiger partial charge on any atom is -0.457 e. The Balaban J connectivity index is 1.64. The molecule has 3 N–H and O–H groups in total. The number of ether oxygens (including phenoxy) is 1. The van der Waals surface area contributed by atoms with E-state index in [1.54, 1.807) is 12.1 Å². The summed E-state index contributed by atoms with van der Waals surface area (Å²) < 4.78 is 18.6. The van der Waals surface area contributed by atoms with E-state index in [-0.39, 0.29) is 24.2 Å². The topological polar surface area (TPSA) is 75.8 Å². The van der Waals surface area contributed by atoms with E-state index >= 15 is 0 Å². The summed E-state index contributed by atoms with van der Waals surface area (Å²) in [6.45, 7) is 0.225. The fourth-order valence-corrected chi connectivity index (χ4v) is 2.62. The molecule has 6 heteroatoms. The molecule has 0 aromatic heterocycles. The fraction of sp³-hybridized carbons (Fsp3) is 0.235. The van der Waals surface area contributed by atoms with Gasteiger partial charge >= 0.3 is 6.03 Å². The van der Waals surface area contributed by atoms with Crippen LogP contribution in [-0.4, -0.2) is 22.8 Å². The normalized spacial score (nSPS) is 19.2. The van der Waals surface area contributed by atoms with Crippen molar-refractivity contribution in [2.24, 2.45) is 11.7 Å². The minimum atomic E-state index is -0.843. The number of rotatable bonds is 5. The van der Waals surface area contributed by atoms with Crippen LogP contribution >= 0.6 is 0 Å². The molecule has 23 heavy (non-hydrogen) atoms. The van der Waals surface area contributed by atoms with Gasteiger partial charge in [0.05, 0.1) is 6.54 Å². The number of halogens is 1. The number of nitrogens with two attached hydrogens (primary N) is 1. The van der Waals surface area contributed by atoms with Crippen LogP contribution in [0.1, 0.15) is 17.9 Å². The third kappa shape index (κ3) is 3.78. The first-order valence-electron chi connectivity index (χ1n) is 7.32. The van der Waals surface area contributed by atoms with Gasteiger partial charge in [-0.3, -0.25) is 5.21 Å². The van der Waals surface area contributed by atoms with E-state index in [9.17, 15) is 14.4 Å². The van der Waals surface area contributed by atoms with Gasteiger partial charge in [0.1, 0.15) is 17.3 Å². The number of hydrogen-bond donors (Lipinski definition) is 2. The standard InChI is InChI=1S/C17H17FN2O3/c18-13-4-6-14(7-5-13)23-15-3-1-2-11(8-15)16-9-12(16)10-20(22)17(19)21/h1-8,12,16,22H,9-10H2,(H2,19,21). The van der Waals surface area contributed by atoms with Crippen molar-refractivity contribution in [3.8, 4) is 11.5 Å². The Hall–Kier alpha value is -2.60. The number of benzene rings is 2. The highest BCUT2D eigenvalue weighted by molar-refractivity contribution is 5.70. The lowest BCUT2D eigenvalue weighted by Crippen LogP contribution is -2.34. The van der Waals surface area contributed by atoms with Gasteiger partial charge in [-0.25, -0.2) is 14.2 Å². The average molecular weight is 316 g/mol. The number of hydroxylamine groups is 2. The molecule has 1 fully saturated rings. The average Bonchev–Trinajstić information content (AvgIpc) is 3.29. The van der Waals surface area contributed by atoms with Crippen LogP contribution in [0.4, 0.5) is 9.18 Å². The van der Waals surface area contributed by atoms with Crippen molar-refractivity contribution >= 4 is 6.03 Å². The Bertz CT molecular complexity index is 705. The number of amides is 2. The number of hydrogen-bond acceptors (Lipinski definition) is 3. The maximum absolute atomic E-state index is 12.9. The molecule has 0 aliphatic heterocycles. The van der Waals surface area contributed by atoms with Gasteiger partial charge in [-0.1, -0.05) is 12.1 Å². The Morgan fingerprint density at radius 2 is 2.00 bits per heavy atom. The molecule has 3 rings (SSSR count). The summed E-state index contributed by atoms with van der Waals surface area (Å²) in [7, 11) is 0. The molecular formula is C17H17FN2O3. The zero-order valence-electron chi connectivity index (χ0n) is 12.4. The van der Waals surface area contributed by atoms with E-state index < -0.39 is 6.03 Å². The van der Waals surface area contributed by atoms with Crippen molar-refractivity contribution in [2.45, 2.75) is 12.3 Å². The van der Waals surface area contributed by atoms with Crippen LogP contribution in [0.5, 0.6) is 11.5 Å². The van der Waals surface area contributed by atoms with E-state index in [0.29, 0.717) is 16.6 Å². The second-order valence-corrected chi connectivity index (χ2v) is 5.65. The second kappa shape index (κ2) is 6.26. The molecule has 120 valence electrons. The van der Waals surface area contributed by atoms with Crippen molar-refractivity contribution in [2.75, 3.05) is 6.54 Å². The van der Waals surface area contributed by atoms with Crippen LogP contribution in [0.25, 0.3) is 0 Å². The molecule has 2 aromatic rings. The van der Waals surface area contributed by atoms with Gasteiger partial charge < -0.3 is 10.5 Å². The summed E-state index contributed by atoms with van der Waals surface area (Å²) in [5, 5.41) is 9.92. The number of carbonyl (C=O) groups is 1. The van der Waals surface area contributed by atoms with Crippen LogP contribution in [0.2, 0.25) is 0 Å². The quantitative estimate of drug-likeness (QED) is 0.655. The van der Waals surface area contributed by atoms with Crippen molar-refractivity contribution in [3.63, 3.8) is 0 Å². The molecule has 1 saturated carbocycles. The molecule has 2 amide bonds. The van der Waals surface area contributed by atoms with Gasteiger partial charge in [0.25, 0.3) is 0 Å². The van der Waals surface area contributed by atoms with Crippen molar-refractivity contribution in [3.05, 3.63) is 59.9 Å². The van der Waals surface area contributed by atoms with Crippen LogP contribution in [0.15, 0.2) is 48.5 Å². The number of nitrogens with zero attached hydrogens (tertiary/aromatic N) is 1. The minimum absolute atomic E-state index is 0.188. The maximum Gasteiger partial charge on any atom is 0.338 e. The molecule has 0 radical (unpaired) electrons. The first-order chi connectivity index (χ1) is 11.0. The van der Waals surface area contributed by atoms with Crippen LogP contribution in [-0.2, 0) is 0 Å². The predicted molar refractivity (Wildman–Crippen MR) is 81.8 cm³/mol. The van der Waals surface area contributed by atoms with E-state index in [2.05, 4.69) is 0 Å². The fourth-order valence-electron chi connectivity index (χ4n) is 2.62. The number of urea groups is 1. The third-order valence-corrected chi connectivity index (χ3v) is 3.92. The highest BCUT2D eigenvalue weighted by Crippen LogP contribution is 2.48. The van der Waals surface area contributed by atoms with Crippen LogP contribution < -0.4 is 10.5 Å². The van der Waals surface area contributed by atoms with Gasteiger partial charge in [0.2, 0.25) is 0 Å². The largest absolute Gasteiger partial charge is 0.457 e. The lowest BCUT2D eigenvalue weighted by molar-refractivity contribution is -0.0431. The summed E-state index contributed by atoms with van der Waals surface area (Å²) in [4.78, 5) is 10.8. The van der Waals surface area contributed by atoms with E-state index in [4.69, 9.17) is 10.5 Å². The molecule has 2 unspecified atom stereocenters. The number of carbonyl (C=O) groups excluding carboxylic acids is 1. The summed E-state index contributed by atoms with van der Waals surface area (Å²) in [6, 6.07) is 12.6. The Morgan fingerprint density at radius 1 is 1.26 bits per heavy atom. The summed E-state index contributed by atoms with van der Waals surface area (Å²) in [6.07, 6.45) is 0.879. The first-order valence-corrected chi connectivity index (χ1v) is 7.32. The Morgan fingerprint density at radius 3 is 2.70 bits per heavy atom. The van der Waals surface area contributed by atoms with Crippen LogP contribution in [0, 0.1) is 11.7 Å². The molecule has 0 saturated heterocycles. The van der Waals surface area contributed by atoms with Gasteiger partial charge in [-0.2, -0.15) is 0 Å². The first kappa shape index (κ1) is 15.3. The van der Waals surface area contributed by atoms with Gasteiger partial charge in [0.15, 0.2) is 0 Å². The summed E-state index contributed by atoms with van der Waals surface area (Å²) >= 11 is 0. The van der Waals surface area contributed by atoms with Gasteiger partial charge in [-0.15, -0.1) is 0 Å². The Labute approximate surface area is 133 Å². The third-order valence-electron chi connectivity index (χ3n) is 3.92. The van der Waals surface area contributed by atoms with E-state index in [0.717, 1.165) is 12.0 Å². The lowest BCUT2D eigenvalue weighted by Gasteiger charge is -2.11. The molecule has 0 spiro atoms. The second-order valence-electron chi connectivity index (χ2n) is 5.65. The Kier molecular flexibility index (Phi) is 4.16. The van der Waals surface area contributed by atoms with E-state index in [1.165, 1.54) is 12.1 Å². The van der Waals surface area contributed by atoms with E-state index in [1.807, 2.05) is 24.3 Å². The zero-order chi connectivity index (χ0) is 16.4. The highest BCUT2D eigenvalue weighted by atomic mass is 19.1.